The SMILES string of the molecule is O=C(O)c1cncn1CC1C2CC3CC(C2)CC1C3. The van der Waals surface area contributed by atoms with Gasteiger partial charge in [0.15, 0.2) is 0 Å². The third-order valence-electron chi connectivity index (χ3n) is 5.76. The zero-order valence-corrected chi connectivity index (χ0v) is 11.0. The van der Waals surface area contributed by atoms with Crippen molar-refractivity contribution in [2.75, 3.05) is 0 Å². The summed E-state index contributed by atoms with van der Waals surface area (Å²) in [6.07, 6.45) is 10.2. The number of imidazole rings is 1. The highest BCUT2D eigenvalue weighted by molar-refractivity contribution is 5.85. The third kappa shape index (κ3) is 1.80. The number of hydrogen-bond donors (Lipinski definition) is 1. The molecule has 1 aromatic rings. The van der Waals surface area contributed by atoms with Gasteiger partial charge in [-0.3, -0.25) is 0 Å². The van der Waals surface area contributed by atoms with Crippen LogP contribution >= 0.6 is 0 Å². The maximum atomic E-state index is 11.2. The van der Waals surface area contributed by atoms with E-state index in [4.69, 9.17) is 0 Å². The smallest absolute Gasteiger partial charge is 0.354 e. The van der Waals surface area contributed by atoms with Crippen LogP contribution in [0, 0.1) is 29.6 Å². The lowest BCUT2D eigenvalue weighted by molar-refractivity contribution is -0.0432. The molecular formula is C15H20N2O2. The van der Waals surface area contributed by atoms with Crippen molar-refractivity contribution in [2.24, 2.45) is 29.6 Å². The standard InChI is InChI=1S/C15H20N2O2/c18-15(19)14-6-16-8-17(14)7-13-11-2-9-1-10(4-11)5-12(13)3-9/h6,8-13H,1-5,7H2,(H,18,19). The maximum Gasteiger partial charge on any atom is 0.354 e. The molecule has 19 heavy (non-hydrogen) atoms. The Morgan fingerprint density at radius 3 is 2.42 bits per heavy atom. The fourth-order valence-electron chi connectivity index (χ4n) is 5.21. The van der Waals surface area contributed by atoms with Crippen LogP contribution < -0.4 is 0 Å². The van der Waals surface area contributed by atoms with Gasteiger partial charge in [-0.05, 0) is 61.7 Å². The second-order valence-electron chi connectivity index (χ2n) is 6.83. The fourth-order valence-corrected chi connectivity index (χ4v) is 5.21. The molecule has 102 valence electrons. The van der Waals surface area contributed by atoms with E-state index in [0.29, 0.717) is 11.6 Å². The topological polar surface area (TPSA) is 55.1 Å². The molecule has 0 atom stereocenters. The van der Waals surface area contributed by atoms with Crippen molar-refractivity contribution in [3.05, 3.63) is 18.2 Å². The maximum absolute atomic E-state index is 11.2. The van der Waals surface area contributed by atoms with Crippen molar-refractivity contribution in [3.63, 3.8) is 0 Å². The molecule has 4 heteroatoms. The van der Waals surface area contributed by atoms with Crippen molar-refractivity contribution in [2.45, 2.75) is 38.6 Å². The Hall–Kier alpha value is -1.32. The van der Waals surface area contributed by atoms with Gasteiger partial charge in [-0.2, -0.15) is 0 Å². The zero-order valence-electron chi connectivity index (χ0n) is 11.0. The first-order valence-corrected chi connectivity index (χ1v) is 7.44. The second kappa shape index (κ2) is 4.09. The first-order chi connectivity index (χ1) is 9.20. The molecule has 1 N–H and O–H groups in total. The number of nitrogens with zero attached hydrogens (tertiary/aromatic N) is 2. The summed E-state index contributed by atoms with van der Waals surface area (Å²) in [5.41, 5.74) is 0.341. The molecule has 4 fully saturated rings. The van der Waals surface area contributed by atoms with Crippen LogP contribution in [0.4, 0.5) is 0 Å². The molecule has 0 saturated heterocycles. The lowest BCUT2D eigenvalue weighted by Gasteiger charge is -2.54. The fraction of sp³-hybridized carbons (Fsp3) is 0.733. The minimum Gasteiger partial charge on any atom is -0.477 e. The lowest BCUT2D eigenvalue weighted by Crippen LogP contribution is -2.46. The average molecular weight is 260 g/mol. The second-order valence-corrected chi connectivity index (χ2v) is 6.83. The molecule has 0 unspecified atom stereocenters. The van der Waals surface area contributed by atoms with Gasteiger partial charge >= 0.3 is 5.97 Å². The average Bonchev–Trinajstić information content (AvgIpc) is 2.81. The van der Waals surface area contributed by atoms with Gasteiger partial charge in [-0.1, -0.05) is 0 Å². The molecule has 4 aliphatic rings. The molecular weight excluding hydrogens is 240 g/mol. The Labute approximate surface area is 112 Å². The Kier molecular flexibility index (Phi) is 2.47. The molecule has 4 bridgehead atoms. The van der Waals surface area contributed by atoms with Crippen LogP contribution in [-0.2, 0) is 6.54 Å². The summed E-state index contributed by atoms with van der Waals surface area (Å²) in [7, 11) is 0. The number of carboxylic acids is 1. The van der Waals surface area contributed by atoms with E-state index < -0.39 is 5.97 Å². The Balaban J connectivity index is 1.57. The monoisotopic (exact) mass is 260 g/mol. The largest absolute Gasteiger partial charge is 0.477 e. The Morgan fingerprint density at radius 1 is 1.21 bits per heavy atom. The third-order valence-corrected chi connectivity index (χ3v) is 5.76. The summed E-state index contributed by atoms with van der Waals surface area (Å²) in [5.74, 6) is 3.43. The van der Waals surface area contributed by atoms with Crippen LogP contribution in [0.2, 0.25) is 0 Å². The highest BCUT2D eigenvalue weighted by atomic mass is 16.4. The summed E-state index contributed by atoms with van der Waals surface area (Å²) >= 11 is 0. The van der Waals surface area contributed by atoms with Crippen LogP contribution in [0.5, 0.6) is 0 Å². The molecule has 1 heterocycles. The zero-order chi connectivity index (χ0) is 13.0. The van der Waals surface area contributed by atoms with Crippen molar-refractivity contribution in [1.82, 2.24) is 9.55 Å². The number of carbonyl (C=O) groups is 1. The van der Waals surface area contributed by atoms with E-state index >= 15 is 0 Å². The highest BCUT2D eigenvalue weighted by Gasteiger charge is 2.48. The molecule has 0 amide bonds. The molecule has 1 aromatic heterocycles. The first kappa shape index (κ1) is 11.5. The van der Waals surface area contributed by atoms with Gasteiger partial charge in [-0.15, -0.1) is 0 Å². The van der Waals surface area contributed by atoms with Crippen molar-refractivity contribution < 1.29 is 9.90 Å². The van der Waals surface area contributed by atoms with Crippen molar-refractivity contribution >= 4 is 5.97 Å². The summed E-state index contributed by atoms with van der Waals surface area (Å²) in [5, 5.41) is 9.18. The Bertz CT molecular complexity index is 480. The Morgan fingerprint density at radius 2 is 1.84 bits per heavy atom. The predicted octanol–water partition coefficient (Wildman–Crippen LogP) is 2.65. The number of carboxylic acid groups (broad SMARTS) is 1. The molecule has 4 nitrogen and oxygen atoms in total. The van der Waals surface area contributed by atoms with Crippen molar-refractivity contribution in [3.8, 4) is 0 Å². The van der Waals surface area contributed by atoms with Gasteiger partial charge in [0.2, 0.25) is 0 Å². The normalized spacial score (nSPS) is 39.7. The van der Waals surface area contributed by atoms with E-state index in [9.17, 15) is 9.90 Å². The van der Waals surface area contributed by atoms with Gasteiger partial charge in [-0.25, -0.2) is 9.78 Å². The first-order valence-electron chi connectivity index (χ1n) is 7.44. The summed E-state index contributed by atoms with van der Waals surface area (Å²) < 4.78 is 1.86. The minimum absolute atomic E-state index is 0.341. The number of rotatable bonds is 3. The van der Waals surface area contributed by atoms with Gasteiger partial charge in [0.05, 0.1) is 12.5 Å². The molecule has 4 saturated carbocycles. The van der Waals surface area contributed by atoms with E-state index in [1.807, 2.05) is 4.57 Å². The quantitative estimate of drug-likeness (QED) is 0.909. The summed E-state index contributed by atoms with van der Waals surface area (Å²) in [6, 6.07) is 0. The molecule has 4 aliphatic carbocycles. The molecule has 0 aromatic carbocycles. The van der Waals surface area contributed by atoms with Crippen LogP contribution in [0.25, 0.3) is 0 Å². The molecule has 0 spiro atoms. The van der Waals surface area contributed by atoms with E-state index in [1.165, 1.54) is 38.3 Å². The lowest BCUT2D eigenvalue weighted by atomic mass is 9.52. The van der Waals surface area contributed by atoms with E-state index in [2.05, 4.69) is 4.98 Å². The van der Waals surface area contributed by atoms with Crippen molar-refractivity contribution in [1.29, 1.82) is 0 Å². The van der Waals surface area contributed by atoms with Crippen LogP contribution in [0.1, 0.15) is 42.6 Å². The number of aromatic carboxylic acids is 1. The minimum atomic E-state index is -0.860. The highest BCUT2D eigenvalue weighted by Crippen LogP contribution is 2.56. The van der Waals surface area contributed by atoms with Gasteiger partial charge < -0.3 is 9.67 Å². The predicted molar refractivity (Wildman–Crippen MR) is 69.7 cm³/mol. The van der Waals surface area contributed by atoms with E-state index in [0.717, 1.165) is 30.2 Å². The van der Waals surface area contributed by atoms with Crippen LogP contribution in [0.3, 0.4) is 0 Å². The molecule has 0 aliphatic heterocycles. The number of aromatic nitrogens is 2. The van der Waals surface area contributed by atoms with E-state index in [1.54, 1.807) is 6.33 Å². The number of hydrogen-bond acceptors (Lipinski definition) is 2. The van der Waals surface area contributed by atoms with Crippen LogP contribution in [0.15, 0.2) is 12.5 Å². The van der Waals surface area contributed by atoms with Gasteiger partial charge in [0.25, 0.3) is 0 Å². The molecule has 5 rings (SSSR count). The summed E-state index contributed by atoms with van der Waals surface area (Å²) in [6.45, 7) is 0.858. The van der Waals surface area contributed by atoms with Crippen LogP contribution in [-0.4, -0.2) is 20.6 Å². The van der Waals surface area contributed by atoms with Gasteiger partial charge in [0.1, 0.15) is 5.69 Å². The van der Waals surface area contributed by atoms with Gasteiger partial charge in [0, 0.05) is 6.54 Å². The molecule has 0 radical (unpaired) electrons. The summed E-state index contributed by atoms with van der Waals surface area (Å²) in [4.78, 5) is 15.2. The van der Waals surface area contributed by atoms with E-state index in [-0.39, 0.29) is 0 Å².